The molecule has 0 aliphatic carbocycles. The summed E-state index contributed by atoms with van der Waals surface area (Å²) in [7, 11) is 1.53. The fourth-order valence-corrected chi connectivity index (χ4v) is 3.64. The number of carbonyl (C=O) groups is 2. The predicted molar refractivity (Wildman–Crippen MR) is 137 cm³/mol. The lowest BCUT2D eigenvalue weighted by atomic mass is 10.1. The molecule has 1 N–H and O–H groups in total. The molecule has 4 aromatic rings. The number of carboxylic acid groups (broad SMARTS) is 1. The number of rotatable bonds is 11. The number of aromatic nitrogens is 2. The summed E-state index contributed by atoms with van der Waals surface area (Å²) >= 11 is 0. The minimum absolute atomic E-state index is 0.277. The molecule has 0 aliphatic heterocycles. The number of ether oxygens (including phenoxy) is 3. The quantitative estimate of drug-likeness (QED) is 0.292. The Morgan fingerprint density at radius 3 is 2.26 bits per heavy atom. The van der Waals surface area contributed by atoms with Crippen LogP contribution in [0.3, 0.4) is 0 Å². The maximum atomic E-state index is 12.8. The Hall–Kier alpha value is -4.86. The van der Waals surface area contributed by atoms with Crippen LogP contribution in [0.2, 0.25) is 0 Å². The molecule has 3 aromatic carbocycles. The molecule has 196 valence electrons. The maximum absolute atomic E-state index is 12.8. The van der Waals surface area contributed by atoms with Crippen LogP contribution in [-0.2, 0) is 11.2 Å². The number of nitrogens with zero attached hydrogens (tertiary/aromatic N) is 3. The highest BCUT2D eigenvalue weighted by atomic mass is 16.6. The van der Waals surface area contributed by atoms with Crippen molar-refractivity contribution >= 4 is 12.1 Å². The molecule has 0 spiro atoms. The summed E-state index contributed by atoms with van der Waals surface area (Å²) in [4.78, 5) is 29.8. The van der Waals surface area contributed by atoms with E-state index in [0.29, 0.717) is 36.2 Å². The lowest BCUT2D eigenvalue weighted by Crippen LogP contribution is -2.39. The molecule has 0 aliphatic rings. The van der Waals surface area contributed by atoms with Crippen LogP contribution in [-0.4, -0.2) is 52.5 Å². The average molecular weight is 518 g/mol. The third-order valence-electron chi connectivity index (χ3n) is 5.72. The van der Waals surface area contributed by atoms with Crippen molar-refractivity contribution in [2.45, 2.75) is 19.4 Å². The Morgan fingerprint density at radius 2 is 1.61 bits per heavy atom. The number of methoxy groups -OCH3 is 1. The summed E-state index contributed by atoms with van der Waals surface area (Å²) in [6.45, 7) is 1.54. The second-order valence-electron chi connectivity index (χ2n) is 8.29. The molecule has 1 atom stereocenters. The van der Waals surface area contributed by atoms with E-state index in [1.165, 1.54) is 7.11 Å². The molecule has 1 unspecified atom stereocenters. The average Bonchev–Trinajstić information content (AvgIpc) is 3.41. The molecule has 10 heteroatoms. The van der Waals surface area contributed by atoms with Crippen molar-refractivity contribution in [3.05, 3.63) is 90.3 Å². The van der Waals surface area contributed by atoms with E-state index in [0.717, 1.165) is 16.0 Å². The smallest absolute Gasteiger partial charge is 0.416 e. The van der Waals surface area contributed by atoms with Crippen molar-refractivity contribution < 1.29 is 33.4 Å². The van der Waals surface area contributed by atoms with E-state index in [2.05, 4.69) is 10.1 Å². The van der Waals surface area contributed by atoms with Gasteiger partial charge in [0, 0.05) is 12.0 Å². The Kier molecular flexibility index (Phi) is 8.55. The number of benzene rings is 3. The fourth-order valence-electron chi connectivity index (χ4n) is 3.64. The molecule has 1 amide bonds. The summed E-state index contributed by atoms with van der Waals surface area (Å²) in [6.07, 6.45) is -0.321. The van der Waals surface area contributed by atoms with Gasteiger partial charge in [0.25, 0.3) is 5.89 Å². The topological polar surface area (TPSA) is 124 Å². The normalized spacial score (nSPS) is 11.4. The van der Waals surface area contributed by atoms with Gasteiger partial charge in [-0.2, -0.15) is 4.98 Å². The molecule has 10 nitrogen and oxygen atoms in total. The largest absolute Gasteiger partial charge is 0.497 e. The van der Waals surface area contributed by atoms with Gasteiger partial charge in [-0.3, -0.25) is 9.69 Å². The molecule has 1 aromatic heterocycles. The van der Waals surface area contributed by atoms with Crippen molar-refractivity contribution in [1.29, 1.82) is 0 Å². The second-order valence-corrected chi connectivity index (χ2v) is 8.29. The molecular formula is C28H27N3O7. The number of amides is 1. The first-order chi connectivity index (χ1) is 18.4. The van der Waals surface area contributed by atoms with Gasteiger partial charge < -0.3 is 23.8 Å². The lowest BCUT2D eigenvalue weighted by molar-refractivity contribution is -0.138. The van der Waals surface area contributed by atoms with E-state index in [1.807, 2.05) is 30.3 Å². The zero-order valence-electron chi connectivity index (χ0n) is 20.9. The van der Waals surface area contributed by atoms with Gasteiger partial charge >= 0.3 is 12.1 Å². The first-order valence-corrected chi connectivity index (χ1v) is 11.9. The van der Waals surface area contributed by atoms with Crippen LogP contribution in [0.4, 0.5) is 4.79 Å². The summed E-state index contributed by atoms with van der Waals surface area (Å²) in [5, 5.41) is 13.4. The van der Waals surface area contributed by atoms with Crippen molar-refractivity contribution in [2.24, 2.45) is 0 Å². The van der Waals surface area contributed by atoms with Crippen LogP contribution in [0.5, 0.6) is 17.2 Å². The molecule has 0 bridgehead atoms. The monoisotopic (exact) mass is 517 g/mol. The summed E-state index contributed by atoms with van der Waals surface area (Å²) in [5.41, 5.74) is 1.57. The summed E-state index contributed by atoms with van der Waals surface area (Å²) in [5.74, 6) is 1.33. The Bertz CT molecular complexity index is 1340. The maximum Gasteiger partial charge on any atom is 0.416 e. The van der Waals surface area contributed by atoms with Crippen LogP contribution in [0.1, 0.15) is 24.4 Å². The Labute approximate surface area is 219 Å². The zero-order valence-corrected chi connectivity index (χ0v) is 20.9. The SMILES string of the molecule is COc1ccc(OC(=O)N(CC(=O)O)C(C)c2ccc(OCCc3noc(-c4ccccc4)n3)cc2)cc1. The van der Waals surface area contributed by atoms with Crippen LogP contribution >= 0.6 is 0 Å². The van der Waals surface area contributed by atoms with Crippen LogP contribution < -0.4 is 14.2 Å². The summed E-state index contributed by atoms with van der Waals surface area (Å²) in [6, 6.07) is 22.4. The molecule has 0 radical (unpaired) electrons. The Morgan fingerprint density at radius 1 is 0.947 bits per heavy atom. The molecule has 38 heavy (non-hydrogen) atoms. The van der Waals surface area contributed by atoms with Gasteiger partial charge in [0.15, 0.2) is 5.82 Å². The first-order valence-electron chi connectivity index (χ1n) is 11.9. The van der Waals surface area contributed by atoms with E-state index in [9.17, 15) is 14.7 Å². The predicted octanol–water partition coefficient (Wildman–Crippen LogP) is 5.01. The van der Waals surface area contributed by atoms with Gasteiger partial charge in [-0.15, -0.1) is 0 Å². The van der Waals surface area contributed by atoms with E-state index in [-0.39, 0.29) is 5.75 Å². The zero-order chi connectivity index (χ0) is 26.9. The lowest BCUT2D eigenvalue weighted by Gasteiger charge is -2.27. The molecule has 4 rings (SSSR count). The van der Waals surface area contributed by atoms with Gasteiger partial charge in [-0.1, -0.05) is 35.5 Å². The third-order valence-corrected chi connectivity index (χ3v) is 5.72. The molecule has 0 saturated heterocycles. The van der Waals surface area contributed by atoms with E-state index in [4.69, 9.17) is 18.7 Å². The van der Waals surface area contributed by atoms with Crippen LogP contribution in [0, 0.1) is 0 Å². The molecule has 0 saturated carbocycles. The number of hydrogen-bond acceptors (Lipinski definition) is 8. The Balaban J connectivity index is 1.34. The van der Waals surface area contributed by atoms with E-state index >= 15 is 0 Å². The summed E-state index contributed by atoms with van der Waals surface area (Å²) < 4.78 is 21.6. The molecule has 0 fully saturated rings. The van der Waals surface area contributed by atoms with Crippen molar-refractivity contribution in [1.82, 2.24) is 15.0 Å². The van der Waals surface area contributed by atoms with E-state index < -0.39 is 24.6 Å². The minimum atomic E-state index is -1.15. The third kappa shape index (κ3) is 6.88. The standard InChI is InChI=1S/C28H27N3O7/c1-19(31(18-26(32)33)28(34)37-24-14-12-22(35-2)13-15-24)20-8-10-23(11-9-20)36-17-16-25-29-27(38-30-25)21-6-4-3-5-7-21/h3-15,19H,16-18H2,1-2H3,(H,32,33). The van der Waals surface area contributed by atoms with Crippen LogP contribution in [0.25, 0.3) is 11.5 Å². The van der Waals surface area contributed by atoms with Gasteiger partial charge in [0.2, 0.25) is 0 Å². The van der Waals surface area contributed by atoms with Gasteiger partial charge in [-0.05, 0) is 61.0 Å². The number of aliphatic carboxylic acids is 1. The highest BCUT2D eigenvalue weighted by Crippen LogP contribution is 2.25. The second kappa shape index (κ2) is 12.4. The van der Waals surface area contributed by atoms with Crippen LogP contribution in [0.15, 0.2) is 83.4 Å². The number of carboxylic acids is 1. The molecule has 1 heterocycles. The van der Waals surface area contributed by atoms with Crippen molar-refractivity contribution in [2.75, 3.05) is 20.3 Å². The highest BCUT2D eigenvalue weighted by Gasteiger charge is 2.26. The number of hydrogen-bond donors (Lipinski definition) is 1. The first kappa shape index (κ1) is 26.2. The fraction of sp³-hybridized carbons (Fsp3) is 0.214. The minimum Gasteiger partial charge on any atom is -0.497 e. The van der Waals surface area contributed by atoms with Gasteiger partial charge in [-0.25, -0.2) is 4.79 Å². The van der Waals surface area contributed by atoms with Gasteiger partial charge in [0.1, 0.15) is 23.8 Å². The molecular weight excluding hydrogens is 490 g/mol. The van der Waals surface area contributed by atoms with Crippen molar-refractivity contribution in [3.8, 4) is 28.7 Å². The van der Waals surface area contributed by atoms with Crippen molar-refractivity contribution in [3.63, 3.8) is 0 Å². The van der Waals surface area contributed by atoms with E-state index in [1.54, 1.807) is 55.5 Å². The number of carbonyl (C=O) groups excluding carboxylic acids is 1. The van der Waals surface area contributed by atoms with Gasteiger partial charge in [0.05, 0.1) is 19.8 Å². The highest BCUT2D eigenvalue weighted by molar-refractivity contribution is 5.78.